The van der Waals surface area contributed by atoms with Crippen molar-refractivity contribution in [2.75, 3.05) is 43.4 Å². The smallest absolute Gasteiger partial charge is 0.319 e. The van der Waals surface area contributed by atoms with Crippen LogP contribution in [0.15, 0.2) is 42.5 Å². The standard InChI is InChI=1S/C33H32F3N7OS/c34-25(35)14-32-11-8-19(41-32)16-42(17-32)30-22-7-6-21(20-4-1-5-24-26(20)23(15-37)29(38)45-24)27(36)28(22)39-31(40-30)44-18-33-9-2-12-43(33)13-3-10-33/h1,4-7,14,19,41H,2-3,8-13,16-18,38H2/t19-,32-/m1/s1. The minimum Gasteiger partial charge on any atom is -0.461 e. The van der Waals surface area contributed by atoms with Crippen LogP contribution in [0, 0.1) is 17.1 Å². The fourth-order valence-corrected chi connectivity index (χ4v) is 9.19. The first-order valence-corrected chi connectivity index (χ1v) is 16.3. The van der Waals surface area contributed by atoms with Gasteiger partial charge in [-0.05, 0) is 69.3 Å². The molecule has 12 heteroatoms. The molecular weight excluding hydrogens is 599 g/mol. The summed E-state index contributed by atoms with van der Waals surface area (Å²) in [5, 5.41) is 14.7. The van der Waals surface area contributed by atoms with Gasteiger partial charge in [-0.2, -0.15) is 24.0 Å². The van der Waals surface area contributed by atoms with E-state index in [1.165, 1.54) is 11.3 Å². The Morgan fingerprint density at radius 3 is 2.76 bits per heavy atom. The first kappa shape index (κ1) is 28.5. The molecule has 0 spiro atoms. The van der Waals surface area contributed by atoms with E-state index in [1.54, 1.807) is 18.2 Å². The summed E-state index contributed by atoms with van der Waals surface area (Å²) in [6.07, 6.45) is 4.88. The van der Waals surface area contributed by atoms with Gasteiger partial charge in [0.2, 0.25) is 0 Å². The number of hydrogen-bond acceptors (Lipinski definition) is 9. The van der Waals surface area contributed by atoms with Crippen molar-refractivity contribution in [1.29, 1.82) is 5.26 Å². The van der Waals surface area contributed by atoms with Gasteiger partial charge in [0.15, 0.2) is 5.82 Å². The molecule has 232 valence electrons. The van der Waals surface area contributed by atoms with E-state index >= 15 is 4.39 Å². The van der Waals surface area contributed by atoms with Crippen LogP contribution in [-0.2, 0) is 0 Å². The molecule has 0 unspecified atom stereocenters. The number of halogens is 3. The van der Waals surface area contributed by atoms with Crippen LogP contribution in [0.2, 0.25) is 0 Å². The molecule has 2 atom stereocenters. The highest BCUT2D eigenvalue weighted by atomic mass is 32.1. The molecule has 2 aromatic carbocycles. The Hall–Kier alpha value is -3.92. The van der Waals surface area contributed by atoms with Gasteiger partial charge in [-0.1, -0.05) is 18.2 Å². The van der Waals surface area contributed by atoms with Gasteiger partial charge in [0.05, 0.1) is 16.6 Å². The van der Waals surface area contributed by atoms with Crippen molar-refractivity contribution >= 4 is 43.1 Å². The van der Waals surface area contributed by atoms with Crippen molar-refractivity contribution < 1.29 is 17.9 Å². The number of nitriles is 1. The summed E-state index contributed by atoms with van der Waals surface area (Å²) in [6.45, 7) is 3.28. The predicted octanol–water partition coefficient (Wildman–Crippen LogP) is 6.20. The summed E-state index contributed by atoms with van der Waals surface area (Å²) in [5.41, 5.74) is 6.44. The molecule has 3 N–H and O–H groups in total. The largest absolute Gasteiger partial charge is 0.461 e. The van der Waals surface area contributed by atoms with Gasteiger partial charge in [-0.15, -0.1) is 11.3 Å². The minimum absolute atomic E-state index is 0.0108. The van der Waals surface area contributed by atoms with Crippen LogP contribution in [0.25, 0.3) is 32.1 Å². The zero-order valence-corrected chi connectivity index (χ0v) is 25.4. The summed E-state index contributed by atoms with van der Waals surface area (Å²) in [7, 11) is 0. The van der Waals surface area contributed by atoms with Gasteiger partial charge in [-0.3, -0.25) is 4.90 Å². The lowest BCUT2D eigenvalue weighted by molar-refractivity contribution is 0.108. The Morgan fingerprint density at radius 2 is 1.98 bits per heavy atom. The van der Waals surface area contributed by atoms with Crippen LogP contribution < -0.4 is 20.7 Å². The number of aromatic nitrogens is 2. The van der Waals surface area contributed by atoms with Gasteiger partial charge in [0, 0.05) is 46.2 Å². The van der Waals surface area contributed by atoms with Crippen molar-refractivity contribution in [2.45, 2.75) is 55.6 Å². The van der Waals surface area contributed by atoms with E-state index in [0.717, 1.165) is 56.0 Å². The molecule has 6 heterocycles. The van der Waals surface area contributed by atoms with E-state index in [2.05, 4.69) is 21.3 Å². The molecule has 4 fully saturated rings. The number of nitrogens with two attached hydrogens (primary N) is 1. The van der Waals surface area contributed by atoms with E-state index in [1.807, 2.05) is 17.0 Å². The number of benzene rings is 2. The average Bonchev–Trinajstić information content (AvgIpc) is 3.76. The van der Waals surface area contributed by atoms with E-state index < -0.39 is 17.4 Å². The number of nitrogen functional groups attached to an aromatic ring is 1. The number of rotatable bonds is 6. The number of nitrogens with one attached hydrogen (secondary N) is 1. The second-order valence-electron chi connectivity index (χ2n) is 12.8. The Bertz CT molecular complexity index is 1910. The molecule has 4 saturated heterocycles. The van der Waals surface area contributed by atoms with Crippen molar-refractivity contribution in [3.8, 4) is 23.2 Å². The fraction of sp³-hybridized carbons (Fsp3) is 0.424. The minimum atomic E-state index is -1.73. The van der Waals surface area contributed by atoms with Gasteiger partial charge in [-0.25, -0.2) is 4.39 Å². The van der Waals surface area contributed by atoms with Gasteiger partial charge >= 0.3 is 6.01 Å². The summed E-state index contributed by atoms with van der Waals surface area (Å²) >= 11 is 1.29. The molecule has 4 aliphatic heterocycles. The highest BCUT2D eigenvalue weighted by molar-refractivity contribution is 7.23. The van der Waals surface area contributed by atoms with Gasteiger partial charge in [0.1, 0.15) is 29.0 Å². The van der Waals surface area contributed by atoms with E-state index in [-0.39, 0.29) is 35.2 Å². The summed E-state index contributed by atoms with van der Waals surface area (Å²) in [4.78, 5) is 13.9. The third-order valence-corrected chi connectivity index (χ3v) is 11.2. The average molecular weight is 632 g/mol. The van der Waals surface area contributed by atoms with Crippen molar-refractivity contribution in [3.63, 3.8) is 0 Å². The number of hydrogen-bond donors (Lipinski definition) is 2. The molecule has 8 nitrogen and oxygen atoms in total. The van der Waals surface area contributed by atoms with Crippen LogP contribution >= 0.6 is 11.3 Å². The fourth-order valence-electron chi connectivity index (χ4n) is 8.25. The van der Waals surface area contributed by atoms with E-state index in [0.29, 0.717) is 52.3 Å². The number of fused-ring (bicyclic) bond motifs is 5. The maximum Gasteiger partial charge on any atom is 0.319 e. The summed E-state index contributed by atoms with van der Waals surface area (Å²) in [6, 6.07) is 11.2. The quantitative estimate of drug-likeness (QED) is 0.259. The molecule has 0 aliphatic carbocycles. The van der Waals surface area contributed by atoms with Crippen LogP contribution in [-0.4, -0.2) is 64.8 Å². The SMILES string of the molecule is N#Cc1c(N)sc2cccc(-c3ccc4c(N5C[C@H]6CC[C@@](C=C(F)F)(C5)N6)nc(OCC56CCCN5CCC6)nc4c3F)c12. The van der Waals surface area contributed by atoms with Gasteiger partial charge < -0.3 is 20.7 Å². The number of thiophene rings is 1. The molecule has 8 rings (SSSR count). The second-order valence-corrected chi connectivity index (χ2v) is 13.9. The van der Waals surface area contributed by atoms with Crippen molar-refractivity contribution in [3.05, 3.63) is 53.9 Å². The lowest BCUT2D eigenvalue weighted by atomic mass is 9.95. The first-order chi connectivity index (χ1) is 21.8. The Morgan fingerprint density at radius 1 is 1.16 bits per heavy atom. The van der Waals surface area contributed by atoms with Crippen LogP contribution in [0.4, 0.5) is 24.0 Å². The molecule has 0 amide bonds. The highest BCUT2D eigenvalue weighted by Gasteiger charge is 2.46. The topological polar surface area (TPSA) is 103 Å². The maximum atomic E-state index is 16.8. The number of piperazine rings is 1. The predicted molar refractivity (Wildman–Crippen MR) is 169 cm³/mol. The molecule has 4 aliphatic rings. The van der Waals surface area contributed by atoms with Gasteiger partial charge in [0.25, 0.3) is 6.08 Å². The Kier molecular flexibility index (Phi) is 6.71. The normalized spacial score (nSPS) is 23.9. The monoisotopic (exact) mass is 631 g/mol. The van der Waals surface area contributed by atoms with E-state index in [9.17, 15) is 14.0 Å². The number of nitrogens with zero attached hydrogens (tertiary/aromatic N) is 5. The third-order valence-electron chi connectivity index (χ3n) is 10.2. The summed E-state index contributed by atoms with van der Waals surface area (Å²) < 4.78 is 51.1. The molecule has 2 bridgehead atoms. The van der Waals surface area contributed by atoms with E-state index in [4.69, 9.17) is 15.5 Å². The highest BCUT2D eigenvalue weighted by Crippen LogP contribution is 2.44. The zero-order chi connectivity index (χ0) is 30.9. The molecule has 0 saturated carbocycles. The first-order valence-electron chi connectivity index (χ1n) is 15.4. The lowest BCUT2D eigenvalue weighted by Crippen LogP contribution is -2.59. The van der Waals surface area contributed by atoms with Crippen LogP contribution in [0.3, 0.4) is 0 Å². The maximum absolute atomic E-state index is 16.8. The Labute approximate surface area is 262 Å². The zero-order valence-electron chi connectivity index (χ0n) is 24.6. The molecule has 4 aromatic rings. The van der Waals surface area contributed by atoms with Crippen molar-refractivity contribution in [1.82, 2.24) is 20.2 Å². The molecule has 0 radical (unpaired) electrons. The summed E-state index contributed by atoms with van der Waals surface area (Å²) in [5.74, 6) is -0.0972. The number of ether oxygens (including phenoxy) is 1. The molecular formula is C33H32F3N7OS. The Balaban J connectivity index is 1.27. The third kappa shape index (κ3) is 4.63. The molecule has 2 aromatic heterocycles. The second kappa shape index (κ2) is 10.6. The van der Waals surface area contributed by atoms with Crippen molar-refractivity contribution in [2.24, 2.45) is 0 Å². The van der Waals surface area contributed by atoms with Crippen LogP contribution in [0.5, 0.6) is 6.01 Å². The number of anilines is 2. The van der Waals surface area contributed by atoms with Crippen LogP contribution in [0.1, 0.15) is 44.1 Å². The molecule has 45 heavy (non-hydrogen) atoms. The lowest BCUT2D eigenvalue weighted by Gasteiger charge is -2.40.